The summed E-state index contributed by atoms with van der Waals surface area (Å²) in [5.74, 6) is 1.69. The van der Waals surface area contributed by atoms with E-state index >= 15 is 0 Å². The van der Waals surface area contributed by atoms with Crippen molar-refractivity contribution in [3.05, 3.63) is 60.0 Å². The van der Waals surface area contributed by atoms with Gasteiger partial charge in [0.2, 0.25) is 5.91 Å². The Bertz CT molecular complexity index is 899. The van der Waals surface area contributed by atoms with Crippen molar-refractivity contribution in [3.63, 3.8) is 0 Å². The lowest BCUT2D eigenvalue weighted by atomic mass is 9.95. The van der Waals surface area contributed by atoms with E-state index in [1.807, 2.05) is 18.3 Å². The number of nitrogens with zero attached hydrogens (tertiary/aromatic N) is 4. The number of halogens is 1. The number of rotatable bonds is 8. The van der Waals surface area contributed by atoms with Crippen LogP contribution in [-0.2, 0) is 4.79 Å². The Morgan fingerprint density at radius 1 is 1.06 bits per heavy atom. The van der Waals surface area contributed by atoms with Gasteiger partial charge in [-0.3, -0.25) is 14.6 Å². The van der Waals surface area contributed by atoms with Crippen LogP contribution in [0.4, 0.5) is 10.2 Å². The van der Waals surface area contributed by atoms with E-state index in [1.54, 1.807) is 12.1 Å². The molecule has 6 nitrogen and oxygen atoms in total. The maximum absolute atomic E-state index is 13.3. The summed E-state index contributed by atoms with van der Waals surface area (Å²) >= 11 is 0. The second-order valence-corrected chi connectivity index (χ2v) is 10.1. The number of nitrogens with one attached hydrogen (secondary N) is 1. The summed E-state index contributed by atoms with van der Waals surface area (Å²) in [5.41, 5.74) is 0.950. The lowest BCUT2D eigenvalue weighted by Crippen LogP contribution is -2.50. The van der Waals surface area contributed by atoms with E-state index in [-0.39, 0.29) is 23.7 Å². The van der Waals surface area contributed by atoms with E-state index < -0.39 is 0 Å². The van der Waals surface area contributed by atoms with Crippen LogP contribution in [-0.4, -0.2) is 73.0 Å². The van der Waals surface area contributed by atoms with E-state index in [4.69, 9.17) is 0 Å². The largest absolute Gasteiger partial charge is 0.354 e. The molecule has 2 aliphatic heterocycles. The molecule has 34 heavy (non-hydrogen) atoms. The van der Waals surface area contributed by atoms with Crippen molar-refractivity contribution >= 4 is 11.7 Å². The van der Waals surface area contributed by atoms with Crippen LogP contribution >= 0.6 is 0 Å². The third-order valence-corrected chi connectivity index (χ3v) is 7.04. The van der Waals surface area contributed by atoms with Crippen LogP contribution in [0.1, 0.15) is 38.3 Å². The molecule has 2 aromatic rings. The molecule has 184 valence electrons. The van der Waals surface area contributed by atoms with Gasteiger partial charge >= 0.3 is 0 Å². The second-order valence-electron chi connectivity index (χ2n) is 10.1. The Hall–Kier alpha value is -2.51. The number of aromatic nitrogens is 1. The van der Waals surface area contributed by atoms with Gasteiger partial charge in [0.25, 0.3) is 0 Å². The SMILES string of the molecule is CC(C)C(NC(=O)CN1CCCC(CN2CCN(c3ccccn3)CC2)C1)c1ccc(F)cc1. The smallest absolute Gasteiger partial charge is 0.234 e. The summed E-state index contributed by atoms with van der Waals surface area (Å²) in [5, 5.41) is 3.19. The average molecular weight is 468 g/mol. The van der Waals surface area contributed by atoms with Gasteiger partial charge in [0.15, 0.2) is 0 Å². The number of pyridine rings is 1. The van der Waals surface area contributed by atoms with Crippen molar-refractivity contribution in [2.75, 3.05) is 57.3 Å². The van der Waals surface area contributed by atoms with E-state index in [2.05, 4.69) is 44.9 Å². The van der Waals surface area contributed by atoms with Gasteiger partial charge in [0.1, 0.15) is 11.6 Å². The molecule has 1 aromatic carbocycles. The molecule has 2 saturated heterocycles. The van der Waals surface area contributed by atoms with Gasteiger partial charge in [0, 0.05) is 45.5 Å². The quantitative estimate of drug-likeness (QED) is 0.643. The predicted octanol–water partition coefficient (Wildman–Crippen LogP) is 3.57. The zero-order valence-corrected chi connectivity index (χ0v) is 20.5. The molecule has 0 aliphatic carbocycles. The Balaban J connectivity index is 1.23. The number of anilines is 1. The number of piperazine rings is 1. The molecule has 2 unspecified atom stereocenters. The number of benzene rings is 1. The molecule has 0 spiro atoms. The molecule has 1 aromatic heterocycles. The Labute approximate surface area is 203 Å². The minimum atomic E-state index is -0.255. The van der Waals surface area contributed by atoms with Crippen LogP contribution in [0.2, 0.25) is 0 Å². The molecule has 0 radical (unpaired) electrons. The molecule has 0 saturated carbocycles. The van der Waals surface area contributed by atoms with Crippen molar-refractivity contribution < 1.29 is 9.18 Å². The fourth-order valence-electron chi connectivity index (χ4n) is 5.24. The van der Waals surface area contributed by atoms with Crippen molar-refractivity contribution in [3.8, 4) is 0 Å². The number of carbonyl (C=O) groups is 1. The normalized spacial score (nSPS) is 20.9. The van der Waals surface area contributed by atoms with Gasteiger partial charge in [-0.25, -0.2) is 9.37 Å². The van der Waals surface area contributed by atoms with Gasteiger partial charge in [-0.2, -0.15) is 0 Å². The van der Waals surface area contributed by atoms with Crippen molar-refractivity contribution in [2.45, 2.75) is 32.7 Å². The fraction of sp³-hybridized carbons (Fsp3) is 0.556. The Morgan fingerprint density at radius 3 is 2.50 bits per heavy atom. The minimum absolute atomic E-state index is 0.0488. The molecule has 4 rings (SSSR count). The number of hydrogen-bond acceptors (Lipinski definition) is 5. The molecule has 1 N–H and O–H groups in total. The van der Waals surface area contributed by atoms with Gasteiger partial charge < -0.3 is 10.2 Å². The molecule has 0 bridgehead atoms. The summed E-state index contributed by atoms with van der Waals surface area (Å²) in [4.78, 5) is 24.6. The lowest BCUT2D eigenvalue weighted by Gasteiger charge is -2.39. The minimum Gasteiger partial charge on any atom is -0.354 e. The third kappa shape index (κ3) is 6.76. The predicted molar refractivity (Wildman–Crippen MR) is 134 cm³/mol. The Morgan fingerprint density at radius 2 is 1.82 bits per heavy atom. The van der Waals surface area contributed by atoms with Crippen LogP contribution in [0.25, 0.3) is 0 Å². The number of likely N-dealkylation sites (tertiary alicyclic amines) is 1. The zero-order valence-electron chi connectivity index (χ0n) is 20.5. The first-order chi connectivity index (χ1) is 16.5. The molecule has 2 atom stereocenters. The topological polar surface area (TPSA) is 51.7 Å². The molecule has 2 fully saturated rings. The molecule has 1 amide bonds. The first-order valence-electron chi connectivity index (χ1n) is 12.6. The van der Waals surface area contributed by atoms with Crippen molar-refractivity contribution in [1.82, 2.24) is 20.1 Å². The number of amides is 1. The number of hydrogen-bond donors (Lipinski definition) is 1. The van der Waals surface area contributed by atoms with E-state index in [0.29, 0.717) is 12.5 Å². The summed E-state index contributed by atoms with van der Waals surface area (Å²) in [6.07, 6.45) is 4.22. The van der Waals surface area contributed by atoms with Crippen LogP contribution < -0.4 is 10.2 Å². The molecular formula is C27H38FN5O. The summed E-state index contributed by atoms with van der Waals surface area (Å²) in [7, 11) is 0. The standard InChI is InChI=1S/C27H38FN5O/c1-21(2)27(23-8-10-24(28)11-9-23)30-26(34)20-32-13-5-6-22(19-32)18-31-14-16-33(17-15-31)25-7-3-4-12-29-25/h3-4,7-12,21-22,27H,5-6,13-20H2,1-2H3,(H,30,34). The van der Waals surface area contributed by atoms with E-state index in [0.717, 1.165) is 63.6 Å². The van der Waals surface area contributed by atoms with Crippen LogP contribution in [0, 0.1) is 17.7 Å². The van der Waals surface area contributed by atoms with Crippen LogP contribution in [0.3, 0.4) is 0 Å². The summed E-state index contributed by atoms with van der Waals surface area (Å²) < 4.78 is 13.3. The highest BCUT2D eigenvalue weighted by molar-refractivity contribution is 5.78. The van der Waals surface area contributed by atoms with Crippen molar-refractivity contribution in [1.29, 1.82) is 0 Å². The van der Waals surface area contributed by atoms with Crippen molar-refractivity contribution in [2.24, 2.45) is 11.8 Å². The Kier molecular flexibility index (Phi) is 8.51. The van der Waals surface area contributed by atoms with Crippen LogP contribution in [0.15, 0.2) is 48.7 Å². The number of piperidine rings is 1. The third-order valence-electron chi connectivity index (χ3n) is 7.04. The molecule has 7 heteroatoms. The van der Waals surface area contributed by atoms with Gasteiger partial charge in [-0.05, 0) is 61.1 Å². The fourth-order valence-corrected chi connectivity index (χ4v) is 5.24. The molecular weight excluding hydrogens is 429 g/mol. The number of carbonyl (C=O) groups excluding carboxylic acids is 1. The van der Waals surface area contributed by atoms with E-state index in [1.165, 1.54) is 18.6 Å². The summed E-state index contributed by atoms with van der Waals surface area (Å²) in [6.45, 7) is 11.8. The monoisotopic (exact) mass is 467 g/mol. The molecule has 2 aliphatic rings. The maximum Gasteiger partial charge on any atom is 0.234 e. The van der Waals surface area contributed by atoms with Gasteiger partial charge in [0.05, 0.1) is 12.6 Å². The highest BCUT2D eigenvalue weighted by Gasteiger charge is 2.26. The average Bonchev–Trinajstić information content (AvgIpc) is 2.84. The zero-order chi connectivity index (χ0) is 23.9. The maximum atomic E-state index is 13.3. The first-order valence-corrected chi connectivity index (χ1v) is 12.6. The van der Waals surface area contributed by atoms with Gasteiger partial charge in [-0.1, -0.05) is 32.0 Å². The highest BCUT2D eigenvalue weighted by Crippen LogP contribution is 2.23. The second kappa shape index (κ2) is 11.8. The van der Waals surface area contributed by atoms with Crippen LogP contribution in [0.5, 0.6) is 0 Å². The lowest BCUT2D eigenvalue weighted by molar-refractivity contribution is -0.123. The highest BCUT2D eigenvalue weighted by atomic mass is 19.1. The first kappa shape index (κ1) is 24.6. The molecule has 3 heterocycles. The van der Waals surface area contributed by atoms with E-state index in [9.17, 15) is 9.18 Å². The summed E-state index contributed by atoms with van der Waals surface area (Å²) in [6, 6.07) is 12.4. The van der Waals surface area contributed by atoms with Gasteiger partial charge in [-0.15, -0.1) is 0 Å².